The summed E-state index contributed by atoms with van der Waals surface area (Å²) in [5.74, 6) is -0.251. The Morgan fingerprint density at radius 2 is 1.81 bits per heavy atom. The molecule has 0 radical (unpaired) electrons. The van der Waals surface area contributed by atoms with E-state index in [4.69, 9.17) is 0 Å². The monoisotopic (exact) mass is 374 g/mol. The van der Waals surface area contributed by atoms with Crippen LogP contribution in [0.4, 0.5) is 13.2 Å². The van der Waals surface area contributed by atoms with Gasteiger partial charge >= 0.3 is 6.18 Å². The van der Waals surface area contributed by atoms with Gasteiger partial charge in [0, 0.05) is 11.1 Å². The van der Waals surface area contributed by atoms with E-state index in [-0.39, 0.29) is 12.1 Å². The van der Waals surface area contributed by atoms with E-state index in [0.29, 0.717) is 5.82 Å². The zero-order valence-electron chi connectivity index (χ0n) is 13.8. The van der Waals surface area contributed by atoms with Gasteiger partial charge in [0.05, 0.1) is 11.8 Å². The van der Waals surface area contributed by atoms with Crippen LogP contribution in [0.2, 0.25) is 0 Å². The first kappa shape index (κ1) is 18.2. The van der Waals surface area contributed by atoms with E-state index in [2.05, 4.69) is 25.9 Å². The van der Waals surface area contributed by atoms with Crippen molar-refractivity contribution < 1.29 is 18.0 Å². The molecule has 0 atom stereocenters. The number of halogens is 3. The smallest absolute Gasteiger partial charge is 0.271 e. The molecule has 0 fully saturated rings. The van der Waals surface area contributed by atoms with E-state index in [9.17, 15) is 18.0 Å². The Morgan fingerprint density at radius 1 is 1.11 bits per heavy atom. The molecule has 1 aromatic heterocycles. The Bertz CT molecular complexity index is 953. The normalized spacial score (nSPS) is 11.7. The summed E-state index contributed by atoms with van der Waals surface area (Å²) < 4.78 is 38.7. The van der Waals surface area contributed by atoms with E-state index >= 15 is 0 Å². The second kappa shape index (κ2) is 7.77. The molecule has 10 heteroatoms. The SMILES string of the molecule is O=C(Cn1nnc(-c2ccccc2)n1)NN=Cc1ccccc1C(F)(F)F. The fraction of sp³-hybridized carbons (Fsp3) is 0.118. The van der Waals surface area contributed by atoms with Gasteiger partial charge < -0.3 is 0 Å². The Hall–Kier alpha value is -3.56. The van der Waals surface area contributed by atoms with Crippen LogP contribution in [0.5, 0.6) is 0 Å². The van der Waals surface area contributed by atoms with Gasteiger partial charge in [-0.25, -0.2) is 5.43 Å². The Labute approximate surface area is 151 Å². The largest absolute Gasteiger partial charge is 0.417 e. The minimum Gasteiger partial charge on any atom is -0.271 e. The lowest BCUT2D eigenvalue weighted by molar-refractivity contribution is -0.137. The molecule has 0 saturated carbocycles. The molecule has 0 spiro atoms. The number of aromatic nitrogens is 4. The van der Waals surface area contributed by atoms with Crippen LogP contribution >= 0.6 is 0 Å². The Kier molecular flexibility index (Phi) is 5.25. The van der Waals surface area contributed by atoms with E-state index in [1.165, 1.54) is 18.2 Å². The fourth-order valence-corrected chi connectivity index (χ4v) is 2.22. The third-order valence-corrected chi connectivity index (χ3v) is 3.43. The minimum absolute atomic E-state index is 0.157. The number of benzene rings is 2. The molecule has 27 heavy (non-hydrogen) atoms. The zero-order chi connectivity index (χ0) is 19.3. The van der Waals surface area contributed by atoms with Crippen molar-refractivity contribution in [1.29, 1.82) is 0 Å². The first-order valence-electron chi connectivity index (χ1n) is 7.75. The first-order chi connectivity index (χ1) is 12.9. The number of carbonyl (C=O) groups excluding carboxylic acids is 1. The summed E-state index contributed by atoms with van der Waals surface area (Å²) in [6.45, 7) is -0.280. The molecule has 2 aromatic carbocycles. The maximum absolute atomic E-state index is 12.9. The fourth-order valence-electron chi connectivity index (χ4n) is 2.22. The molecule has 1 heterocycles. The van der Waals surface area contributed by atoms with Crippen molar-refractivity contribution in [3.8, 4) is 11.4 Å². The van der Waals surface area contributed by atoms with Crippen molar-refractivity contribution in [2.24, 2.45) is 5.10 Å². The van der Waals surface area contributed by atoms with Crippen LogP contribution in [0, 0.1) is 0 Å². The number of alkyl halides is 3. The summed E-state index contributed by atoms with van der Waals surface area (Å²) >= 11 is 0. The van der Waals surface area contributed by atoms with Crippen molar-refractivity contribution in [2.45, 2.75) is 12.7 Å². The number of hydrogen-bond acceptors (Lipinski definition) is 5. The molecule has 0 bridgehead atoms. The van der Waals surface area contributed by atoms with Crippen molar-refractivity contribution in [3.05, 3.63) is 65.7 Å². The number of tetrazole rings is 1. The topological polar surface area (TPSA) is 85.1 Å². The molecule has 3 rings (SSSR count). The quantitative estimate of drug-likeness (QED) is 0.549. The molecule has 0 unspecified atom stereocenters. The molecule has 7 nitrogen and oxygen atoms in total. The average molecular weight is 374 g/mol. The Morgan fingerprint density at radius 3 is 2.56 bits per heavy atom. The zero-order valence-corrected chi connectivity index (χ0v) is 13.8. The standard InChI is InChI=1S/C17H13F3N6O/c18-17(19,20)14-9-5-4-8-13(14)10-21-22-15(27)11-26-24-16(23-25-26)12-6-2-1-3-7-12/h1-10H,11H2,(H,22,27). The summed E-state index contributed by atoms with van der Waals surface area (Å²) in [7, 11) is 0. The van der Waals surface area contributed by atoms with Gasteiger partial charge in [0.2, 0.25) is 5.82 Å². The number of nitrogens with one attached hydrogen (secondary N) is 1. The maximum Gasteiger partial charge on any atom is 0.417 e. The van der Waals surface area contributed by atoms with Crippen LogP contribution in [0.1, 0.15) is 11.1 Å². The van der Waals surface area contributed by atoms with E-state index in [1.54, 1.807) is 12.1 Å². The van der Waals surface area contributed by atoms with Gasteiger partial charge in [0.1, 0.15) is 6.54 Å². The third kappa shape index (κ3) is 4.75. The molecule has 1 N–H and O–H groups in total. The van der Waals surface area contributed by atoms with E-state index in [0.717, 1.165) is 22.6 Å². The number of hydrogen-bond donors (Lipinski definition) is 1. The van der Waals surface area contributed by atoms with Crippen LogP contribution in [-0.2, 0) is 17.5 Å². The van der Waals surface area contributed by atoms with Gasteiger partial charge in [-0.3, -0.25) is 4.79 Å². The average Bonchev–Trinajstić information content (AvgIpc) is 3.10. The molecule has 0 aliphatic rings. The number of nitrogens with zero attached hydrogens (tertiary/aromatic N) is 5. The summed E-state index contributed by atoms with van der Waals surface area (Å²) in [5, 5.41) is 15.2. The molecular weight excluding hydrogens is 361 g/mol. The number of rotatable bonds is 5. The molecule has 3 aromatic rings. The molecule has 0 saturated heterocycles. The van der Waals surface area contributed by atoms with Crippen molar-refractivity contribution in [2.75, 3.05) is 0 Å². The second-order valence-corrected chi connectivity index (χ2v) is 5.39. The second-order valence-electron chi connectivity index (χ2n) is 5.39. The maximum atomic E-state index is 12.9. The lowest BCUT2D eigenvalue weighted by Crippen LogP contribution is -2.24. The summed E-state index contributed by atoms with van der Waals surface area (Å²) in [6, 6.07) is 14.0. The molecular formula is C17H13F3N6O. The van der Waals surface area contributed by atoms with Crippen LogP contribution in [0.3, 0.4) is 0 Å². The van der Waals surface area contributed by atoms with Crippen LogP contribution in [0.25, 0.3) is 11.4 Å². The number of hydrazone groups is 1. The molecule has 1 amide bonds. The van der Waals surface area contributed by atoms with Crippen LogP contribution in [-0.4, -0.2) is 32.3 Å². The van der Waals surface area contributed by atoms with Crippen LogP contribution < -0.4 is 5.43 Å². The molecule has 0 aliphatic heterocycles. The minimum atomic E-state index is -4.51. The van der Waals surface area contributed by atoms with Gasteiger partial charge in [0.15, 0.2) is 0 Å². The highest BCUT2D eigenvalue weighted by atomic mass is 19.4. The van der Waals surface area contributed by atoms with Crippen molar-refractivity contribution in [3.63, 3.8) is 0 Å². The number of carbonyl (C=O) groups is 1. The van der Waals surface area contributed by atoms with Crippen molar-refractivity contribution >= 4 is 12.1 Å². The predicted octanol–water partition coefficient (Wildman–Crippen LogP) is 2.51. The number of amides is 1. The molecule has 138 valence electrons. The van der Waals surface area contributed by atoms with Gasteiger partial charge in [-0.05, 0) is 11.3 Å². The molecule has 0 aliphatic carbocycles. The van der Waals surface area contributed by atoms with Crippen molar-refractivity contribution in [1.82, 2.24) is 25.6 Å². The lowest BCUT2D eigenvalue weighted by atomic mass is 10.1. The highest BCUT2D eigenvalue weighted by Gasteiger charge is 2.32. The summed E-state index contributed by atoms with van der Waals surface area (Å²) in [5.41, 5.74) is 1.89. The van der Waals surface area contributed by atoms with E-state index in [1.807, 2.05) is 18.2 Å². The van der Waals surface area contributed by atoms with Gasteiger partial charge in [-0.1, -0.05) is 48.5 Å². The third-order valence-electron chi connectivity index (χ3n) is 3.43. The van der Waals surface area contributed by atoms with Gasteiger partial charge in [-0.2, -0.15) is 23.1 Å². The summed E-state index contributed by atoms with van der Waals surface area (Å²) in [6.07, 6.45) is -3.57. The van der Waals surface area contributed by atoms with Gasteiger partial charge in [-0.15, -0.1) is 10.2 Å². The summed E-state index contributed by atoms with van der Waals surface area (Å²) in [4.78, 5) is 12.9. The van der Waals surface area contributed by atoms with Gasteiger partial charge in [0.25, 0.3) is 5.91 Å². The predicted molar refractivity (Wildman–Crippen MR) is 90.4 cm³/mol. The van der Waals surface area contributed by atoms with E-state index < -0.39 is 17.6 Å². The lowest BCUT2D eigenvalue weighted by Gasteiger charge is -2.09. The first-order valence-corrected chi connectivity index (χ1v) is 7.75. The highest BCUT2D eigenvalue weighted by molar-refractivity contribution is 5.84. The van der Waals surface area contributed by atoms with Crippen LogP contribution in [0.15, 0.2) is 59.7 Å². The Balaban J connectivity index is 1.61. The highest BCUT2D eigenvalue weighted by Crippen LogP contribution is 2.30.